The average Bonchev–Trinajstić information content (AvgIpc) is 2.18. The van der Waals surface area contributed by atoms with Crippen LogP contribution in [-0.4, -0.2) is 18.4 Å². The number of benzene rings is 1. The number of anilines is 1. The summed E-state index contributed by atoms with van der Waals surface area (Å²) in [5, 5.41) is 1.91. The van der Waals surface area contributed by atoms with Crippen LogP contribution in [0, 0.1) is 0 Å². The maximum atomic E-state index is 11.9. The molecule has 17 heavy (non-hydrogen) atoms. The van der Waals surface area contributed by atoms with Crippen molar-refractivity contribution < 1.29 is 22.8 Å². The lowest BCUT2D eigenvalue weighted by atomic mass is 10.2. The molecule has 92 valence electrons. The standard InChI is InChI=1S/C10H7ClF3NO2/c11-9-6(5-16)2-1-3-7(9)15-8(17)4-10(12,13)14/h1-3,5H,4H2,(H,15,17). The van der Waals surface area contributed by atoms with Gasteiger partial charge in [-0.15, -0.1) is 0 Å². The van der Waals surface area contributed by atoms with Crippen LogP contribution >= 0.6 is 11.6 Å². The fourth-order valence-electron chi connectivity index (χ4n) is 1.11. The van der Waals surface area contributed by atoms with Crippen LogP contribution in [0.25, 0.3) is 0 Å². The maximum Gasteiger partial charge on any atom is 0.397 e. The van der Waals surface area contributed by atoms with Gasteiger partial charge in [0.25, 0.3) is 0 Å². The van der Waals surface area contributed by atoms with Gasteiger partial charge in [-0.2, -0.15) is 13.2 Å². The quantitative estimate of drug-likeness (QED) is 0.854. The third-order valence-corrected chi connectivity index (χ3v) is 2.21. The first kappa shape index (κ1) is 13.5. The lowest BCUT2D eigenvalue weighted by Gasteiger charge is -2.09. The van der Waals surface area contributed by atoms with Gasteiger partial charge >= 0.3 is 6.18 Å². The second-order valence-corrected chi connectivity index (χ2v) is 3.54. The predicted molar refractivity (Wildman–Crippen MR) is 56.1 cm³/mol. The number of carbonyl (C=O) groups is 2. The predicted octanol–water partition coefficient (Wildman–Crippen LogP) is 3.04. The molecule has 0 bridgehead atoms. The molecule has 0 unspecified atom stereocenters. The van der Waals surface area contributed by atoms with E-state index in [0.717, 1.165) is 0 Å². The topological polar surface area (TPSA) is 46.2 Å². The number of amides is 1. The van der Waals surface area contributed by atoms with Crippen LogP contribution in [0.3, 0.4) is 0 Å². The first-order valence-corrected chi connectivity index (χ1v) is 4.81. The largest absolute Gasteiger partial charge is 0.397 e. The van der Waals surface area contributed by atoms with Gasteiger partial charge in [-0.1, -0.05) is 23.7 Å². The van der Waals surface area contributed by atoms with E-state index in [-0.39, 0.29) is 16.3 Å². The third-order valence-electron chi connectivity index (χ3n) is 1.79. The molecule has 1 aromatic rings. The highest BCUT2D eigenvalue weighted by Gasteiger charge is 2.31. The van der Waals surface area contributed by atoms with Gasteiger partial charge in [0.2, 0.25) is 5.91 Å². The van der Waals surface area contributed by atoms with Crippen LogP contribution < -0.4 is 5.32 Å². The van der Waals surface area contributed by atoms with E-state index in [1.165, 1.54) is 18.2 Å². The molecule has 0 heterocycles. The summed E-state index contributed by atoms with van der Waals surface area (Å²) in [6.45, 7) is 0. The molecule has 0 aliphatic carbocycles. The first-order chi connectivity index (χ1) is 7.83. The van der Waals surface area contributed by atoms with Crippen LogP contribution in [0.2, 0.25) is 5.02 Å². The Balaban J connectivity index is 2.82. The average molecular weight is 266 g/mol. The molecule has 0 aliphatic heterocycles. The van der Waals surface area contributed by atoms with Gasteiger partial charge in [0.05, 0.1) is 10.7 Å². The summed E-state index contributed by atoms with van der Waals surface area (Å²) in [5.74, 6) is -1.23. The minimum atomic E-state index is -4.58. The van der Waals surface area contributed by atoms with Crippen LogP contribution in [0.4, 0.5) is 18.9 Å². The highest BCUT2D eigenvalue weighted by Crippen LogP contribution is 2.26. The van der Waals surface area contributed by atoms with Crippen molar-refractivity contribution in [1.29, 1.82) is 0 Å². The summed E-state index contributed by atoms with van der Waals surface area (Å²) in [4.78, 5) is 21.5. The van der Waals surface area contributed by atoms with Crippen molar-refractivity contribution in [3.8, 4) is 0 Å². The maximum absolute atomic E-state index is 11.9. The van der Waals surface area contributed by atoms with Gasteiger partial charge in [0.1, 0.15) is 6.42 Å². The molecule has 7 heteroatoms. The van der Waals surface area contributed by atoms with Gasteiger partial charge < -0.3 is 5.32 Å². The van der Waals surface area contributed by atoms with Crippen molar-refractivity contribution in [3.63, 3.8) is 0 Å². The van der Waals surface area contributed by atoms with E-state index >= 15 is 0 Å². The Hall–Kier alpha value is -1.56. The molecule has 0 aromatic heterocycles. The smallest absolute Gasteiger partial charge is 0.324 e. The zero-order valence-electron chi connectivity index (χ0n) is 8.34. The molecule has 0 spiro atoms. The highest BCUT2D eigenvalue weighted by atomic mass is 35.5. The number of rotatable bonds is 3. The Bertz CT molecular complexity index is 446. The van der Waals surface area contributed by atoms with E-state index < -0.39 is 18.5 Å². The zero-order valence-corrected chi connectivity index (χ0v) is 9.10. The molecule has 1 N–H and O–H groups in total. The van der Waals surface area contributed by atoms with E-state index in [1.54, 1.807) is 0 Å². The van der Waals surface area contributed by atoms with E-state index in [4.69, 9.17) is 11.6 Å². The molecule has 3 nitrogen and oxygen atoms in total. The molecule has 0 radical (unpaired) electrons. The molecule has 1 amide bonds. The van der Waals surface area contributed by atoms with Crippen LogP contribution in [0.1, 0.15) is 16.8 Å². The summed E-state index contributed by atoms with van der Waals surface area (Å²) in [6.07, 6.45) is -5.74. The number of hydrogen-bond donors (Lipinski definition) is 1. The monoisotopic (exact) mass is 265 g/mol. The second kappa shape index (κ2) is 5.18. The molecule has 0 saturated heterocycles. The van der Waals surface area contributed by atoms with E-state index in [2.05, 4.69) is 0 Å². The summed E-state index contributed by atoms with van der Waals surface area (Å²) < 4.78 is 35.7. The normalized spacial score (nSPS) is 11.1. The number of carbonyl (C=O) groups excluding carboxylic acids is 2. The Kier molecular flexibility index (Phi) is 4.11. The number of alkyl halides is 3. The fourth-order valence-corrected chi connectivity index (χ4v) is 1.33. The van der Waals surface area contributed by atoms with Crippen molar-refractivity contribution in [3.05, 3.63) is 28.8 Å². The first-order valence-electron chi connectivity index (χ1n) is 4.44. The summed E-state index contributed by atoms with van der Waals surface area (Å²) in [7, 11) is 0. The van der Waals surface area contributed by atoms with Gasteiger partial charge in [-0.05, 0) is 6.07 Å². The number of aldehydes is 1. The van der Waals surface area contributed by atoms with Gasteiger partial charge in [0.15, 0.2) is 6.29 Å². The lowest BCUT2D eigenvalue weighted by Crippen LogP contribution is -2.21. The minimum absolute atomic E-state index is 0.0227. The number of hydrogen-bond acceptors (Lipinski definition) is 2. The van der Waals surface area contributed by atoms with Gasteiger partial charge in [-0.3, -0.25) is 9.59 Å². The van der Waals surface area contributed by atoms with Crippen molar-refractivity contribution in [2.45, 2.75) is 12.6 Å². The van der Waals surface area contributed by atoms with Gasteiger partial charge in [-0.25, -0.2) is 0 Å². The van der Waals surface area contributed by atoms with Crippen molar-refractivity contribution >= 4 is 29.5 Å². The van der Waals surface area contributed by atoms with Crippen LogP contribution in [-0.2, 0) is 4.79 Å². The highest BCUT2D eigenvalue weighted by molar-refractivity contribution is 6.36. The van der Waals surface area contributed by atoms with Crippen LogP contribution in [0.5, 0.6) is 0 Å². The Morgan fingerprint density at radius 1 is 1.41 bits per heavy atom. The van der Waals surface area contributed by atoms with Crippen LogP contribution in [0.15, 0.2) is 18.2 Å². The van der Waals surface area contributed by atoms with Crippen molar-refractivity contribution in [2.75, 3.05) is 5.32 Å². The second-order valence-electron chi connectivity index (χ2n) is 3.17. The minimum Gasteiger partial charge on any atom is -0.324 e. The zero-order chi connectivity index (χ0) is 13.1. The van der Waals surface area contributed by atoms with E-state index in [1.807, 2.05) is 5.32 Å². The fraction of sp³-hybridized carbons (Fsp3) is 0.200. The Morgan fingerprint density at radius 2 is 2.06 bits per heavy atom. The molecule has 0 atom stereocenters. The molecular weight excluding hydrogens is 259 g/mol. The third kappa shape index (κ3) is 4.07. The molecular formula is C10H7ClF3NO2. The summed E-state index contributed by atoms with van der Waals surface area (Å²) in [5.41, 5.74) is 0.0713. The number of nitrogens with one attached hydrogen (secondary N) is 1. The summed E-state index contributed by atoms with van der Waals surface area (Å²) >= 11 is 5.70. The molecule has 1 aromatic carbocycles. The molecule has 0 fully saturated rings. The van der Waals surface area contributed by atoms with E-state index in [0.29, 0.717) is 6.29 Å². The Labute approximate surface area is 99.6 Å². The molecule has 1 rings (SSSR count). The van der Waals surface area contributed by atoms with Crippen molar-refractivity contribution in [1.82, 2.24) is 0 Å². The molecule has 0 saturated carbocycles. The van der Waals surface area contributed by atoms with E-state index in [9.17, 15) is 22.8 Å². The van der Waals surface area contributed by atoms with Crippen molar-refractivity contribution in [2.24, 2.45) is 0 Å². The molecule has 0 aliphatic rings. The lowest BCUT2D eigenvalue weighted by molar-refractivity contribution is -0.150. The SMILES string of the molecule is O=Cc1cccc(NC(=O)CC(F)(F)F)c1Cl. The van der Waals surface area contributed by atoms with Gasteiger partial charge in [0, 0.05) is 5.56 Å². The summed E-state index contributed by atoms with van der Waals surface area (Å²) in [6, 6.07) is 4.09. The number of halogens is 4. The Morgan fingerprint density at radius 3 is 2.59 bits per heavy atom.